The van der Waals surface area contributed by atoms with Crippen LogP contribution in [0.4, 0.5) is 0 Å². The van der Waals surface area contributed by atoms with E-state index in [1.807, 2.05) is 17.9 Å². The number of aliphatic imine (C=N–C) groups is 1. The highest BCUT2D eigenvalue weighted by atomic mass is 15.3. The molecule has 1 heterocycles. The molecule has 1 aliphatic carbocycles. The van der Waals surface area contributed by atoms with E-state index in [1.54, 1.807) is 0 Å². The van der Waals surface area contributed by atoms with Crippen molar-refractivity contribution >= 4 is 5.96 Å². The lowest BCUT2D eigenvalue weighted by Crippen LogP contribution is -2.43. The molecule has 0 spiro atoms. The molecule has 0 saturated heterocycles. The Morgan fingerprint density at radius 3 is 2.89 bits per heavy atom. The number of aryl methyl sites for hydroxylation is 1. The van der Waals surface area contributed by atoms with Gasteiger partial charge in [-0.05, 0) is 25.3 Å². The smallest absolute Gasteiger partial charge is 0.191 e. The van der Waals surface area contributed by atoms with E-state index in [2.05, 4.69) is 33.8 Å². The number of guanidine groups is 1. The third-order valence-corrected chi connectivity index (χ3v) is 3.32. The standard InChI is InChI=1S/C13H23N5/c1-11-9-16-18(10-11)8-7-15-13(14-2)17-12-5-3-4-6-12/h9-10,12H,3-8H2,1-2H3,(H2,14,15,17). The van der Waals surface area contributed by atoms with Crippen molar-refractivity contribution in [2.75, 3.05) is 13.6 Å². The quantitative estimate of drug-likeness (QED) is 0.624. The zero-order valence-corrected chi connectivity index (χ0v) is 11.3. The van der Waals surface area contributed by atoms with E-state index in [1.165, 1.54) is 31.2 Å². The molecule has 1 fully saturated rings. The predicted octanol–water partition coefficient (Wildman–Crippen LogP) is 1.30. The largest absolute Gasteiger partial charge is 0.355 e. The highest BCUT2D eigenvalue weighted by molar-refractivity contribution is 5.79. The fraction of sp³-hybridized carbons (Fsp3) is 0.692. The Labute approximate surface area is 109 Å². The van der Waals surface area contributed by atoms with Crippen molar-refractivity contribution in [3.8, 4) is 0 Å². The van der Waals surface area contributed by atoms with Gasteiger partial charge in [-0.3, -0.25) is 9.67 Å². The number of rotatable bonds is 4. The van der Waals surface area contributed by atoms with Crippen LogP contribution in [0.1, 0.15) is 31.2 Å². The van der Waals surface area contributed by atoms with Gasteiger partial charge in [0, 0.05) is 25.8 Å². The van der Waals surface area contributed by atoms with Crippen molar-refractivity contribution < 1.29 is 0 Å². The Hall–Kier alpha value is -1.52. The Kier molecular flexibility index (Phi) is 4.61. The molecule has 0 bridgehead atoms. The van der Waals surface area contributed by atoms with Crippen LogP contribution in [0.2, 0.25) is 0 Å². The van der Waals surface area contributed by atoms with E-state index in [0.717, 1.165) is 19.0 Å². The normalized spacial score (nSPS) is 17.1. The predicted molar refractivity (Wildman–Crippen MR) is 73.7 cm³/mol. The summed E-state index contributed by atoms with van der Waals surface area (Å²) in [5.74, 6) is 0.908. The van der Waals surface area contributed by atoms with Crippen LogP contribution >= 0.6 is 0 Å². The summed E-state index contributed by atoms with van der Waals surface area (Å²) in [7, 11) is 1.82. The van der Waals surface area contributed by atoms with E-state index < -0.39 is 0 Å². The van der Waals surface area contributed by atoms with E-state index >= 15 is 0 Å². The van der Waals surface area contributed by atoms with Crippen LogP contribution in [-0.4, -0.2) is 35.4 Å². The zero-order chi connectivity index (χ0) is 12.8. The summed E-state index contributed by atoms with van der Waals surface area (Å²) in [6.07, 6.45) is 9.13. The molecule has 0 radical (unpaired) electrons. The highest BCUT2D eigenvalue weighted by Gasteiger charge is 2.15. The molecule has 18 heavy (non-hydrogen) atoms. The summed E-state index contributed by atoms with van der Waals surface area (Å²) in [5.41, 5.74) is 1.20. The molecule has 5 heteroatoms. The SMILES string of the molecule is CN=C(NCCn1cc(C)cn1)NC1CCCC1. The van der Waals surface area contributed by atoms with E-state index in [4.69, 9.17) is 0 Å². The van der Waals surface area contributed by atoms with Gasteiger partial charge in [0.15, 0.2) is 5.96 Å². The van der Waals surface area contributed by atoms with Crippen molar-refractivity contribution in [1.82, 2.24) is 20.4 Å². The average Bonchev–Trinajstić information content (AvgIpc) is 3.00. The van der Waals surface area contributed by atoms with Gasteiger partial charge in [-0.2, -0.15) is 5.10 Å². The second-order valence-electron chi connectivity index (χ2n) is 4.91. The minimum Gasteiger partial charge on any atom is -0.355 e. The second-order valence-corrected chi connectivity index (χ2v) is 4.91. The Morgan fingerprint density at radius 2 is 2.28 bits per heavy atom. The van der Waals surface area contributed by atoms with E-state index in [0.29, 0.717) is 6.04 Å². The van der Waals surface area contributed by atoms with Crippen molar-refractivity contribution in [3.63, 3.8) is 0 Å². The molecular weight excluding hydrogens is 226 g/mol. The van der Waals surface area contributed by atoms with Gasteiger partial charge in [0.1, 0.15) is 0 Å². The van der Waals surface area contributed by atoms with Gasteiger partial charge >= 0.3 is 0 Å². The number of hydrogen-bond donors (Lipinski definition) is 2. The number of nitrogens with one attached hydrogen (secondary N) is 2. The minimum atomic E-state index is 0.600. The molecule has 5 nitrogen and oxygen atoms in total. The Morgan fingerprint density at radius 1 is 1.50 bits per heavy atom. The Bertz CT molecular complexity index is 390. The van der Waals surface area contributed by atoms with Crippen LogP contribution in [0.25, 0.3) is 0 Å². The summed E-state index contributed by atoms with van der Waals surface area (Å²) in [6.45, 7) is 3.75. The van der Waals surface area contributed by atoms with Gasteiger partial charge < -0.3 is 10.6 Å². The van der Waals surface area contributed by atoms with Gasteiger partial charge in [0.25, 0.3) is 0 Å². The van der Waals surface area contributed by atoms with Gasteiger partial charge in [0.05, 0.1) is 12.7 Å². The van der Waals surface area contributed by atoms with Crippen LogP contribution in [0.3, 0.4) is 0 Å². The van der Waals surface area contributed by atoms with Crippen molar-refractivity contribution in [2.45, 2.75) is 45.2 Å². The molecule has 100 valence electrons. The fourth-order valence-corrected chi connectivity index (χ4v) is 2.34. The molecule has 0 aromatic carbocycles. The van der Waals surface area contributed by atoms with Gasteiger partial charge in [-0.1, -0.05) is 12.8 Å². The summed E-state index contributed by atoms with van der Waals surface area (Å²) < 4.78 is 1.95. The zero-order valence-electron chi connectivity index (χ0n) is 11.3. The van der Waals surface area contributed by atoms with E-state index in [-0.39, 0.29) is 0 Å². The number of aromatic nitrogens is 2. The van der Waals surface area contributed by atoms with Crippen LogP contribution in [0, 0.1) is 6.92 Å². The monoisotopic (exact) mass is 249 g/mol. The fourth-order valence-electron chi connectivity index (χ4n) is 2.34. The van der Waals surface area contributed by atoms with Crippen LogP contribution in [0.5, 0.6) is 0 Å². The minimum absolute atomic E-state index is 0.600. The van der Waals surface area contributed by atoms with Gasteiger partial charge in [0.2, 0.25) is 0 Å². The van der Waals surface area contributed by atoms with Crippen molar-refractivity contribution in [3.05, 3.63) is 18.0 Å². The molecule has 0 unspecified atom stereocenters. The van der Waals surface area contributed by atoms with Crippen molar-refractivity contribution in [1.29, 1.82) is 0 Å². The summed E-state index contributed by atoms with van der Waals surface area (Å²) in [6, 6.07) is 0.600. The molecular formula is C13H23N5. The van der Waals surface area contributed by atoms with Gasteiger partial charge in [-0.25, -0.2) is 0 Å². The van der Waals surface area contributed by atoms with Crippen LogP contribution in [0.15, 0.2) is 17.4 Å². The maximum absolute atomic E-state index is 4.26. The maximum atomic E-state index is 4.26. The second kappa shape index (κ2) is 6.42. The highest BCUT2D eigenvalue weighted by Crippen LogP contribution is 2.17. The average molecular weight is 249 g/mol. The number of hydrogen-bond acceptors (Lipinski definition) is 2. The molecule has 2 N–H and O–H groups in total. The maximum Gasteiger partial charge on any atom is 0.191 e. The topological polar surface area (TPSA) is 54.2 Å². The van der Waals surface area contributed by atoms with Crippen molar-refractivity contribution in [2.24, 2.45) is 4.99 Å². The molecule has 1 aromatic heterocycles. The molecule has 1 aromatic rings. The first-order chi connectivity index (χ1) is 8.78. The molecule has 1 saturated carbocycles. The molecule has 2 rings (SSSR count). The van der Waals surface area contributed by atoms with Crippen LogP contribution < -0.4 is 10.6 Å². The number of nitrogens with zero attached hydrogens (tertiary/aromatic N) is 3. The lowest BCUT2D eigenvalue weighted by atomic mass is 10.2. The third kappa shape index (κ3) is 3.75. The summed E-state index contributed by atoms with van der Waals surface area (Å²) >= 11 is 0. The molecule has 0 aliphatic heterocycles. The molecule has 0 amide bonds. The van der Waals surface area contributed by atoms with Crippen LogP contribution in [-0.2, 0) is 6.54 Å². The molecule has 1 aliphatic rings. The first-order valence-electron chi connectivity index (χ1n) is 6.74. The first kappa shape index (κ1) is 12.9. The van der Waals surface area contributed by atoms with E-state index in [9.17, 15) is 0 Å². The Balaban J connectivity index is 1.70. The van der Waals surface area contributed by atoms with Gasteiger partial charge in [-0.15, -0.1) is 0 Å². The summed E-state index contributed by atoms with van der Waals surface area (Å²) in [4.78, 5) is 4.25. The lowest BCUT2D eigenvalue weighted by Gasteiger charge is -2.16. The lowest BCUT2D eigenvalue weighted by molar-refractivity contribution is 0.578. The summed E-state index contributed by atoms with van der Waals surface area (Å²) in [5, 5.41) is 11.1. The molecule has 0 atom stereocenters. The third-order valence-electron chi connectivity index (χ3n) is 3.32. The first-order valence-corrected chi connectivity index (χ1v) is 6.74.